The van der Waals surface area contributed by atoms with Crippen molar-refractivity contribution in [3.05, 3.63) is 0 Å². The fourth-order valence-corrected chi connectivity index (χ4v) is 2.05. The number of esters is 2. The predicted octanol–water partition coefficient (Wildman–Crippen LogP) is 0.967. The second kappa shape index (κ2) is 6.14. The average Bonchev–Trinajstić information content (AvgIpc) is 2.26. The van der Waals surface area contributed by atoms with Crippen LogP contribution in [0.15, 0.2) is 0 Å². The molecule has 0 saturated heterocycles. The van der Waals surface area contributed by atoms with Crippen LogP contribution in [0.2, 0.25) is 0 Å². The van der Waals surface area contributed by atoms with E-state index in [2.05, 4.69) is 14.0 Å². The Morgan fingerprint density at radius 3 is 2.06 bits per heavy atom. The smallest absolute Gasteiger partial charge is 0.339 e. The highest BCUT2D eigenvalue weighted by molar-refractivity contribution is 7.53. The Bertz CT molecular complexity index is 340. The van der Waals surface area contributed by atoms with Crippen molar-refractivity contribution >= 4 is 19.5 Å². The zero-order chi connectivity index (χ0) is 13.7. The van der Waals surface area contributed by atoms with Crippen molar-refractivity contribution in [2.45, 2.75) is 18.9 Å². The Morgan fingerprint density at radius 1 is 1.18 bits per heavy atom. The molecule has 100 valence electrons. The number of methoxy groups -OCH3 is 2. The maximum Gasteiger partial charge on any atom is 0.339 e. The summed E-state index contributed by atoms with van der Waals surface area (Å²) in [5.41, 5.74) is -1.71. The molecule has 0 aliphatic heterocycles. The van der Waals surface area contributed by atoms with Crippen molar-refractivity contribution in [2.75, 3.05) is 28.0 Å². The first-order valence-corrected chi connectivity index (χ1v) is 6.69. The average molecular weight is 268 g/mol. The highest BCUT2D eigenvalue weighted by Crippen LogP contribution is 2.48. The lowest BCUT2D eigenvalue weighted by Gasteiger charge is -2.27. The fraction of sp³-hybridized carbons (Fsp3) is 0.778. The number of carbonyl (C=O) groups excluding carboxylic acids is 2. The maximum absolute atomic E-state index is 11.7. The standard InChI is InChI=1S/C9H17O7P/c1-9(8(11)14-3,6-7(10)13-2)16-17(5,12)15-4/h6H2,1-5H3. The summed E-state index contributed by atoms with van der Waals surface area (Å²) in [6.07, 6.45) is -0.419. The first-order valence-electron chi connectivity index (χ1n) is 4.70. The van der Waals surface area contributed by atoms with Gasteiger partial charge < -0.3 is 14.0 Å². The number of carbonyl (C=O) groups is 2. The van der Waals surface area contributed by atoms with Gasteiger partial charge in [-0.1, -0.05) is 0 Å². The molecule has 0 amide bonds. The molecule has 0 aromatic rings. The quantitative estimate of drug-likeness (QED) is 0.523. The third-order valence-electron chi connectivity index (χ3n) is 2.03. The molecule has 0 saturated carbocycles. The minimum Gasteiger partial charge on any atom is -0.469 e. The molecule has 0 aromatic carbocycles. The minimum absolute atomic E-state index is 0.419. The van der Waals surface area contributed by atoms with Crippen LogP contribution in [0.1, 0.15) is 13.3 Å². The number of rotatable bonds is 6. The molecule has 17 heavy (non-hydrogen) atoms. The summed E-state index contributed by atoms with van der Waals surface area (Å²) >= 11 is 0. The van der Waals surface area contributed by atoms with Gasteiger partial charge in [0.1, 0.15) is 0 Å². The topological polar surface area (TPSA) is 88.1 Å². The van der Waals surface area contributed by atoms with Gasteiger partial charge in [0.15, 0.2) is 5.60 Å². The van der Waals surface area contributed by atoms with Crippen LogP contribution in [0.3, 0.4) is 0 Å². The molecule has 0 aliphatic rings. The summed E-state index contributed by atoms with van der Waals surface area (Å²) in [5.74, 6) is -1.52. The number of hydrogen-bond acceptors (Lipinski definition) is 7. The van der Waals surface area contributed by atoms with E-state index in [1.807, 2.05) is 0 Å². The van der Waals surface area contributed by atoms with Crippen LogP contribution in [-0.4, -0.2) is 45.5 Å². The molecule has 8 heteroatoms. The van der Waals surface area contributed by atoms with E-state index in [9.17, 15) is 14.2 Å². The van der Waals surface area contributed by atoms with Crippen LogP contribution in [0.5, 0.6) is 0 Å². The predicted molar refractivity (Wildman–Crippen MR) is 58.7 cm³/mol. The zero-order valence-electron chi connectivity index (χ0n) is 10.5. The van der Waals surface area contributed by atoms with Gasteiger partial charge in [-0.2, -0.15) is 0 Å². The van der Waals surface area contributed by atoms with E-state index in [0.717, 1.165) is 7.11 Å². The minimum atomic E-state index is -3.44. The Hall–Kier alpha value is -0.910. The second-order valence-corrected chi connectivity index (χ2v) is 5.61. The fourth-order valence-electron chi connectivity index (χ4n) is 1.11. The lowest BCUT2D eigenvalue weighted by atomic mass is 10.0. The first kappa shape index (κ1) is 16.1. The van der Waals surface area contributed by atoms with Crippen molar-refractivity contribution in [2.24, 2.45) is 0 Å². The third-order valence-corrected chi connectivity index (χ3v) is 3.42. The van der Waals surface area contributed by atoms with Gasteiger partial charge in [-0.3, -0.25) is 13.9 Å². The molecular weight excluding hydrogens is 251 g/mol. The van der Waals surface area contributed by atoms with Crippen molar-refractivity contribution in [1.82, 2.24) is 0 Å². The van der Waals surface area contributed by atoms with E-state index >= 15 is 0 Å². The molecule has 0 bridgehead atoms. The van der Waals surface area contributed by atoms with Gasteiger partial charge >= 0.3 is 19.5 Å². The van der Waals surface area contributed by atoms with Crippen LogP contribution in [0.4, 0.5) is 0 Å². The van der Waals surface area contributed by atoms with E-state index in [4.69, 9.17) is 4.52 Å². The Morgan fingerprint density at radius 2 is 1.71 bits per heavy atom. The molecule has 0 N–H and O–H groups in total. The second-order valence-electron chi connectivity index (χ2n) is 3.52. The Kier molecular flexibility index (Phi) is 5.81. The van der Waals surface area contributed by atoms with Crippen LogP contribution in [0, 0.1) is 0 Å². The van der Waals surface area contributed by atoms with E-state index < -0.39 is 31.6 Å². The summed E-state index contributed by atoms with van der Waals surface area (Å²) in [5, 5.41) is 0. The number of hydrogen-bond donors (Lipinski definition) is 0. The molecule has 2 unspecified atom stereocenters. The Labute approximate surface area is 99.9 Å². The first-order chi connectivity index (χ1) is 7.70. The molecule has 0 aromatic heterocycles. The van der Waals surface area contributed by atoms with Gasteiger partial charge in [-0.15, -0.1) is 0 Å². The van der Waals surface area contributed by atoms with Crippen LogP contribution >= 0.6 is 7.60 Å². The van der Waals surface area contributed by atoms with Gasteiger partial charge in [0.25, 0.3) is 0 Å². The summed E-state index contributed by atoms with van der Waals surface area (Å²) in [4.78, 5) is 22.7. The van der Waals surface area contributed by atoms with E-state index in [1.165, 1.54) is 27.8 Å². The van der Waals surface area contributed by atoms with E-state index in [-0.39, 0.29) is 0 Å². The summed E-state index contributed by atoms with van der Waals surface area (Å²) in [6, 6.07) is 0. The van der Waals surface area contributed by atoms with Crippen molar-refractivity contribution in [1.29, 1.82) is 0 Å². The van der Waals surface area contributed by atoms with Gasteiger partial charge in [0, 0.05) is 13.8 Å². The largest absolute Gasteiger partial charge is 0.469 e. The van der Waals surface area contributed by atoms with E-state index in [1.54, 1.807) is 0 Å². The van der Waals surface area contributed by atoms with Crippen molar-refractivity contribution < 1.29 is 32.7 Å². The van der Waals surface area contributed by atoms with Gasteiger partial charge in [-0.25, -0.2) is 4.79 Å². The number of ether oxygens (including phenoxy) is 2. The molecule has 7 nitrogen and oxygen atoms in total. The van der Waals surface area contributed by atoms with Crippen LogP contribution in [-0.2, 0) is 32.7 Å². The maximum atomic E-state index is 11.7. The highest BCUT2D eigenvalue weighted by atomic mass is 31.2. The molecule has 0 aliphatic carbocycles. The SMILES string of the molecule is COC(=O)CC(C)(OP(C)(=O)OC)C(=O)OC. The van der Waals surface area contributed by atoms with Crippen molar-refractivity contribution in [3.63, 3.8) is 0 Å². The normalized spacial score (nSPS) is 17.7. The highest BCUT2D eigenvalue weighted by Gasteiger charge is 2.43. The Balaban J connectivity index is 5.05. The molecule has 0 spiro atoms. The molecule has 2 atom stereocenters. The third kappa shape index (κ3) is 4.85. The molecule has 0 rings (SSSR count). The van der Waals surface area contributed by atoms with Crippen molar-refractivity contribution in [3.8, 4) is 0 Å². The lowest BCUT2D eigenvalue weighted by Crippen LogP contribution is -2.41. The van der Waals surface area contributed by atoms with E-state index in [0.29, 0.717) is 0 Å². The van der Waals surface area contributed by atoms with Crippen LogP contribution < -0.4 is 0 Å². The zero-order valence-corrected chi connectivity index (χ0v) is 11.4. The molecular formula is C9H17O7P. The monoisotopic (exact) mass is 268 g/mol. The molecule has 0 heterocycles. The summed E-state index contributed by atoms with van der Waals surface area (Å²) < 4.78 is 30.3. The molecule has 0 radical (unpaired) electrons. The molecule has 0 fully saturated rings. The summed E-state index contributed by atoms with van der Waals surface area (Å²) in [7, 11) is 0.0420. The van der Waals surface area contributed by atoms with Gasteiger partial charge in [-0.05, 0) is 6.92 Å². The summed E-state index contributed by atoms with van der Waals surface area (Å²) in [6.45, 7) is 2.47. The lowest BCUT2D eigenvalue weighted by molar-refractivity contribution is -0.164. The van der Waals surface area contributed by atoms with Crippen LogP contribution in [0.25, 0.3) is 0 Å². The van der Waals surface area contributed by atoms with Gasteiger partial charge in [0.2, 0.25) is 0 Å². The van der Waals surface area contributed by atoms with Gasteiger partial charge in [0.05, 0.1) is 20.6 Å².